The summed E-state index contributed by atoms with van der Waals surface area (Å²) < 4.78 is 36.8. The first-order valence-corrected chi connectivity index (χ1v) is 11.1. The second-order valence-electron chi connectivity index (χ2n) is 6.10. The molecule has 0 unspecified atom stereocenters. The number of esters is 1. The normalized spacial score (nSPS) is 12.9. The third kappa shape index (κ3) is 7.09. The summed E-state index contributed by atoms with van der Waals surface area (Å²) in [4.78, 5) is 15.5. The average Bonchev–Trinajstić information content (AvgIpc) is 2.42. The van der Waals surface area contributed by atoms with E-state index in [-0.39, 0.29) is 12.3 Å². The standard InChI is InChI=1S/C15H20ClF2NO3Si/c1-21-12-7-5-11(6-8-12)19-13(15(16,17)18)14(20)22-9-10-23(2,3)4/h5-8H,9-10H2,1-4H3. The first-order chi connectivity index (χ1) is 10.5. The van der Waals surface area contributed by atoms with Crippen LogP contribution >= 0.6 is 11.6 Å². The Kier molecular flexibility index (Phi) is 6.70. The fourth-order valence-corrected chi connectivity index (χ4v) is 2.36. The summed E-state index contributed by atoms with van der Waals surface area (Å²) in [5, 5.41) is -3.91. The number of alkyl halides is 3. The van der Waals surface area contributed by atoms with Crippen LogP contribution in [-0.2, 0) is 9.53 Å². The first kappa shape index (κ1) is 19.6. The molecule has 1 aromatic carbocycles. The minimum absolute atomic E-state index is 0.0726. The SMILES string of the molecule is COc1ccc(N=C(C(=O)OCC[Si](C)(C)C)C(F)(F)Cl)cc1. The summed E-state index contributed by atoms with van der Waals surface area (Å²) in [6.07, 6.45) is 0. The van der Waals surface area contributed by atoms with Gasteiger partial charge in [0.1, 0.15) is 5.75 Å². The van der Waals surface area contributed by atoms with Crippen LogP contribution in [0.5, 0.6) is 5.75 Å². The number of hydrogen-bond acceptors (Lipinski definition) is 4. The molecule has 0 amide bonds. The Morgan fingerprint density at radius 1 is 1.26 bits per heavy atom. The maximum absolute atomic E-state index is 13.4. The predicted octanol–water partition coefficient (Wildman–Crippen LogP) is 4.48. The topological polar surface area (TPSA) is 47.9 Å². The van der Waals surface area contributed by atoms with E-state index in [4.69, 9.17) is 21.1 Å². The lowest BCUT2D eigenvalue weighted by Gasteiger charge is -2.16. The van der Waals surface area contributed by atoms with Gasteiger partial charge in [-0.05, 0) is 41.9 Å². The summed E-state index contributed by atoms with van der Waals surface area (Å²) in [5.41, 5.74) is -0.969. The molecule has 0 spiro atoms. The van der Waals surface area contributed by atoms with Crippen molar-refractivity contribution in [2.24, 2.45) is 4.99 Å². The van der Waals surface area contributed by atoms with E-state index >= 15 is 0 Å². The number of aliphatic imine (C=N–C) groups is 1. The number of ether oxygens (including phenoxy) is 2. The van der Waals surface area contributed by atoms with Crippen LogP contribution in [0.2, 0.25) is 25.7 Å². The zero-order chi connectivity index (χ0) is 17.7. The van der Waals surface area contributed by atoms with E-state index in [1.54, 1.807) is 12.1 Å². The van der Waals surface area contributed by atoms with Gasteiger partial charge in [-0.25, -0.2) is 9.79 Å². The van der Waals surface area contributed by atoms with Gasteiger partial charge in [0.25, 0.3) is 0 Å². The van der Waals surface area contributed by atoms with E-state index in [9.17, 15) is 13.6 Å². The second kappa shape index (κ2) is 7.87. The predicted molar refractivity (Wildman–Crippen MR) is 90.0 cm³/mol. The van der Waals surface area contributed by atoms with Crippen molar-refractivity contribution in [3.05, 3.63) is 24.3 Å². The third-order valence-electron chi connectivity index (χ3n) is 2.86. The number of halogens is 3. The molecule has 0 saturated carbocycles. The van der Waals surface area contributed by atoms with E-state index in [2.05, 4.69) is 24.6 Å². The Hall–Kier alpha value is -1.47. The Labute approximate surface area is 140 Å². The minimum Gasteiger partial charge on any atom is -0.497 e. The highest BCUT2D eigenvalue weighted by molar-refractivity contribution is 6.76. The van der Waals surface area contributed by atoms with Gasteiger partial charge in [0, 0.05) is 8.07 Å². The molecule has 0 heterocycles. The van der Waals surface area contributed by atoms with Crippen molar-refractivity contribution in [1.29, 1.82) is 0 Å². The third-order valence-corrected chi connectivity index (χ3v) is 4.74. The van der Waals surface area contributed by atoms with Crippen molar-refractivity contribution in [2.75, 3.05) is 13.7 Å². The summed E-state index contributed by atoms with van der Waals surface area (Å²) >= 11 is 4.99. The molecule has 23 heavy (non-hydrogen) atoms. The minimum atomic E-state index is -3.91. The molecule has 0 atom stereocenters. The molecule has 1 aromatic rings. The zero-order valence-electron chi connectivity index (χ0n) is 13.5. The van der Waals surface area contributed by atoms with Gasteiger partial charge in [0.15, 0.2) is 0 Å². The smallest absolute Gasteiger partial charge is 0.371 e. The lowest BCUT2D eigenvalue weighted by atomic mass is 10.3. The largest absolute Gasteiger partial charge is 0.497 e. The first-order valence-electron chi connectivity index (χ1n) is 7.00. The zero-order valence-corrected chi connectivity index (χ0v) is 15.3. The fraction of sp³-hybridized carbons (Fsp3) is 0.467. The number of methoxy groups -OCH3 is 1. The lowest BCUT2D eigenvalue weighted by Crippen LogP contribution is -2.33. The molecule has 0 bridgehead atoms. The Morgan fingerprint density at radius 3 is 2.26 bits per heavy atom. The van der Waals surface area contributed by atoms with Crippen LogP contribution in [0.1, 0.15) is 0 Å². The van der Waals surface area contributed by atoms with E-state index in [1.165, 1.54) is 19.2 Å². The summed E-state index contributed by atoms with van der Waals surface area (Å²) in [5.74, 6) is -0.667. The highest BCUT2D eigenvalue weighted by atomic mass is 35.5. The Morgan fingerprint density at radius 2 is 1.83 bits per heavy atom. The van der Waals surface area contributed by atoms with Gasteiger partial charge in [-0.1, -0.05) is 19.6 Å². The van der Waals surface area contributed by atoms with Gasteiger partial charge in [-0.2, -0.15) is 8.78 Å². The van der Waals surface area contributed by atoms with Gasteiger partial charge in [0.2, 0.25) is 5.71 Å². The summed E-state index contributed by atoms with van der Waals surface area (Å²) in [6, 6.07) is 6.63. The molecular formula is C15H20ClF2NO3Si. The molecule has 0 aliphatic rings. The van der Waals surface area contributed by atoms with Gasteiger partial charge < -0.3 is 9.47 Å². The fourth-order valence-electron chi connectivity index (χ4n) is 1.53. The highest BCUT2D eigenvalue weighted by Crippen LogP contribution is 2.26. The number of carbonyl (C=O) groups excluding carboxylic acids is 1. The van der Waals surface area contributed by atoms with Crippen LogP contribution in [0.3, 0.4) is 0 Å². The maximum atomic E-state index is 13.4. The van der Waals surface area contributed by atoms with Gasteiger partial charge >= 0.3 is 11.4 Å². The van der Waals surface area contributed by atoms with E-state index in [0.29, 0.717) is 11.8 Å². The van der Waals surface area contributed by atoms with Crippen LogP contribution in [0, 0.1) is 0 Å². The quantitative estimate of drug-likeness (QED) is 0.310. The molecule has 0 radical (unpaired) electrons. The molecule has 0 aliphatic heterocycles. The van der Waals surface area contributed by atoms with Crippen molar-refractivity contribution < 1.29 is 23.0 Å². The molecule has 0 N–H and O–H groups in total. The van der Waals surface area contributed by atoms with E-state index in [0.717, 1.165) is 0 Å². The van der Waals surface area contributed by atoms with Crippen LogP contribution in [0.25, 0.3) is 0 Å². The molecule has 0 saturated heterocycles. The molecule has 8 heteroatoms. The van der Waals surface area contributed by atoms with E-state index < -0.39 is 25.1 Å². The average molecular weight is 364 g/mol. The van der Waals surface area contributed by atoms with Gasteiger partial charge in [0.05, 0.1) is 19.4 Å². The second-order valence-corrected chi connectivity index (χ2v) is 12.2. The van der Waals surface area contributed by atoms with Crippen molar-refractivity contribution >= 4 is 37.0 Å². The number of benzene rings is 1. The van der Waals surface area contributed by atoms with Gasteiger partial charge in [-0.3, -0.25) is 0 Å². The van der Waals surface area contributed by atoms with Crippen molar-refractivity contribution in [1.82, 2.24) is 0 Å². The lowest BCUT2D eigenvalue weighted by molar-refractivity contribution is -0.135. The van der Waals surface area contributed by atoms with Crippen molar-refractivity contribution in [3.8, 4) is 5.75 Å². The molecule has 0 aliphatic carbocycles. The molecule has 4 nitrogen and oxygen atoms in total. The van der Waals surface area contributed by atoms with Crippen molar-refractivity contribution in [3.63, 3.8) is 0 Å². The number of hydrogen-bond donors (Lipinski definition) is 0. The van der Waals surface area contributed by atoms with Crippen LogP contribution in [0.4, 0.5) is 14.5 Å². The molecule has 0 fully saturated rings. The summed E-state index contributed by atoms with van der Waals surface area (Å²) in [6.45, 7) is 6.33. The van der Waals surface area contributed by atoms with Crippen LogP contribution in [0.15, 0.2) is 29.3 Å². The highest BCUT2D eigenvalue weighted by Gasteiger charge is 2.39. The number of rotatable bonds is 7. The molecular weight excluding hydrogens is 344 g/mol. The van der Waals surface area contributed by atoms with Crippen LogP contribution in [-0.4, -0.2) is 38.9 Å². The maximum Gasteiger partial charge on any atom is 0.371 e. The van der Waals surface area contributed by atoms with E-state index in [1.807, 2.05) is 0 Å². The van der Waals surface area contributed by atoms with Crippen LogP contribution < -0.4 is 4.74 Å². The Balaban J connectivity index is 2.91. The van der Waals surface area contributed by atoms with Gasteiger partial charge in [-0.15, -0.1) is 0 Å². The summed E-state index contributed by atoms with van der Waals surface area (Å²) in [7, 11) is 0.0378. The molecule has 1 rings (SSSR count). The van der Waals surface area contributed by atoms with Crippen molar-refractivity contribution in [2.45, 2.75) is 31.1 Å². The number of carbonyl (C=O) groups is 1. The number of nitrogens with zero attached hydrogens (tertiary/aromatic N) is 1. The monoisotopic (exact) mass is 363 g/mol. The Bertz CT molecular complexity index is 566. The molecule has 128 valence electrons. The molecule has 0 aromatic heterocycles.